The van der Waals surface area contributed by atoms with E-state index in [9.17, 15) is 4.79 Å². The number of nitrogens with zero attached hydrogens (tertiary/aromatic N) is 2. The summed E-state index contributed by atoms with van der Waals surface area (Å²) < 4.78 is 5.63. The largest absolute Gasteiger partial charge is 0.377 e. The molecule has 2 saturated heterocycles. The quantitative estimate of drug-likeness (QED) is 0.813. The molecule has 24 heavy (non-hydrogen) atoms. The van der Waals surface area contributed by atoms with Crippen molar-refractivity contribution in [2.45, 2.75) is 31.7 Å². The molecule has 0 bridgehead atoms. The lowest BCUT2D eigenvalue weighted by Crippen LogP contribution is -2.54. The Morgan fingerprint density at radius 3 is 2.71 bits per heavy atom. The number of halogens is 2. The van der Waals surface area contributed by atoms with Crippen molar-refractivity contribution in [1.29, 1.82) is 0 Å². The summed E-state index contributed by atoms with van der Waals surface area (Å²) in [6, 6.07) is 5.56. The van der Waals surface area contributed by atoms with E-state index >= 15 is 0 Å². The number of hydrogen-bond acceptors (Lipinski definition) is 3. The Labute approximate surface area is 153 Å². The second-order valence-corrected chi connectivity index (χ2v) is 7.48. The number of carbonyl (C=O) groups excluding carboxylic acids is 1. The maximum atomic E-state index is 13.1. The minimum atomic E-state index is -0.237. The van der Waals surface area contributed by atoms with Crippen molar-refractivity contribution in [2.75, 3.05) is 39.4 Å². The fraction of sp³-hybridized carbons (Fsp3) is 0.611. The van der Waals surface area contributed by atoms with Crippen molar-refractivity contribution in [3.8, 4) is 0 Å². The molecule has 0 N–H and O–H groups in total. The van der Waals surface area contributed by atoms with E-state index in [4.69, 9.17) is 27.9 Å². The first kappa shape index (κ1) is 18.0. The van der Waals surface area contributed by atoms with Crippen LogP contribution in [0.2, 0.25) is 10.0 Å². The van der Waals surface area contributed by atoms with Gasteiger partial charge in [-0.25, -0.2) is 0 Å². The van der Waals surface area contributed by atoms with Crippen LogP contribution in [0, 0.1) is 0 Å². The second-order valence-electron chi connectivity index (χ2n) is 6.66. The van der Waals surface area contributed by atoms with E-state index in [2.05, 4.69) is 4.90 Å². The molecule has 2 heterocycles. The zero-order valence-corrected chi connectivity index (χ0v) is 15.5. The van der Waals surface area contributed by atoms with Crippen LogP contribution in [-0.4, -0.2) is 61.1 Å². The van der Waals surface area contributed by atoms with E-state index < -0.39 is 0 Å². The fourth-order valence-corrected chi connectivity index (χ4v) is 3.84. The first-order chi connectivity index (χ1) is 11.6. The van der Waals surface area contributed by atoms with Crippen molar-refractivity contribution < 1.29 is 9.53 Å². The molecule has 2 aliphatic heterocycles. The number of likely N-dealkylation sites (tertiary alicyclic amines) is 1. The van der Waals surface area contributed by atoms with Crippen LogP contribution in [0.3, 0.4) is 0 Å². The minimum absolute atomic E-state index is 0.134. The Morgan fingerprint density at radius 2 is 2.00 bits per heavy atom. The molecule has 1 aromatic carbocycles. The van der Waals surface area contributed by atoms with Crippen LogP contribution in [0.4, 0.5) is 0 Å². The molecule has 0 aromatic heterocycles. The minimum Gasteiger partial charge on any atom is -0.377 e. The van der Waals surface area contributed by atoms with E-state index in [0.29, 0.717) is 29.8 Å². The summed E-state index contributed by atoms with van der Waals surface area (Å²) >= 11 is 12.1. The molecule has 0 spiro atoms. The maximum absolute atomic E-state index is 13.1. The predicted octanol–water partition coefficient (Wildman–Crippen LogP) is 3.42. The molecular formula is C18H24Cl2N2O2. The zero-order valence-electron chi connectivity index (χ0n) is 14.0. The Kier molecular flexibility index (Phi) is 6.03. The van der Waals surface area contributed by atoms with Crippen molar-refractivity contribution in [2.24, 2.45) is 0 Å². The van der Waals surface area contributed by atoms with E-state index in [1.54, 1.807) is 12.1 Å². The Morgan fingerprint density at radius 1 is 1.25 bits per heavy atom. The molecule has 2 aliphatic rings. The molecule has 2 atom stereocenters. The SMILES string of the molecule is CC(C(=O)N1CCOCC1CN1CCCC1)c1ccc(Cl)c(Cl)c1. The Balaban J connectivity index is 1.71. The number of ether oxygens (including phenoxy) is 1. The van der Waals surface area contributed by atoms with Gasteiger partial charge in [-0.3, -0.25) is 4.79 Å². The van der Waals surface area contributed by atoms with Crippen LogP contribution in [0.15, 0.2) is 18.2 Å². The zero-order chi connectivity index (χ0) is 17.1. The van der Waals surface area contributed by atoms with Gasteiger partial charge in [0.2, 0.25) is 5.91 Å². The van der Waals surface area contributed by atoms with Crippen LogP contribution < -0.4 is 0 Å². The van der Waals surface area contributed by atoms with E-state index in [0.717, 1.165) is 25.2 Å². The molecule has 0 saturated carbocycles. The molecule has 2 fully saturated rings. The van der Waals surface area contributed by atoms with Gasteiger partial charge >= 0.3 is 0 Å². The first-order valence-electron chi connectivity index (χ1n) is 8.62. The van der Waals surface area contributed by atoms with Gasteiger partial charge in [-0.1, -0.05) is 29.3 Å². The topological polar surface area (TPSA) is 32.8 Å². The van der Waals surface area contributed by atoms with Crippen molar-refractivity contribution in [1.82, 2.24) is 9.80 Å². The number of carbonyl (C=O) groups is 1. The lowest BCUT2D eigenvalue weighted by Gasteiger charge is -2.39. The summed E-state index contributed by atoms with van der Waals surface area (Å²) in [5, 5.41) is 1.00. The second kappa shape index (κ2) is 8.05. The summed E-state index contributed by atoms with van der Waals surface area (Å²) in [6.45, 7) is 6.97. The lowest BCUT2D eigenvalue weighted by molar-refractivity contribution is -0.141. The van der Waals surface area contributed by atoms with Gasteiger partial charge < -0.3 is 14.5 Å². The van der Waals surface area contributed by atoms with Crippen LogP contribution in [-0.2, 0) is 9.53 Å². The summed E-state index contributed by atoms with van der Waals surface area (Å²) in [6.07, 6.45) is 2.50. The molecule has 132 valence electrons. The number of benzene rings is 1. The number of morpholine rings is 1. The standard InChI is InChI=1S/C18H24Cl2N2O2/c1-13(14-4-5-16(19)17(20)10-14)18(23)22-8-9-24-12-15(22)11-21-6-2-3-7-21/h4-5,10,13,15H,2-3,6-9,11-12H2,1H3. The Hall–Kier alpha value is -0.810. The highest BCUT2D eigenvalue weighted by atomic mass is 35.5. The van der Waals surface area contributed by atoms with Gasteiger partial charge in [-0.2, -0.15) is 0 Å². The molecular weight excluding hydrogens is 347 g/mol. The third-order valence-corrected chi connectivity index (χ3v) is 5.73. The monoisotopic (exact) mass is 370 g/mol. The van der Waals surface area contributed by atoms with Crippen LogP contribution in [0.1, 0.15) is 31.2 Å². The molecule has 1 amide bonds. The van der Waals surface area contributed by atoms with Gasteiger partial charge in [-0.05, 0) is 50.6 Å². The Bertz CT molecular complexity index is 590. The van der Waals surface area contributed by atoms with Gasteiger partial charge in [0.15, 0.2) is 0 Å². The molecule has 3 rings (SSSR count). The average molecular weight is 371 g/mol. The van der Waals surface area contributed by atoms with Crippen LogP contribution in [0.5, 0.6) is 0 Å². The third kappa shape index (κ3) is 4.05. The van der Waals surface area contributed by atoms with Gasteiger partial charge in [-0.15, -0.1) is 0 Å². The van der Waals surface area contributed by atoms with E-state index in [1.165, 1.54) is 12.8 Å². The fourth-order valence-electron chi connectivity index (χ4n) is 3.53. The number of hydrogen-bond donors (Lipinski definition) is 0. The summed E-state index contributed by atoms with van der Waals surface area (Å²) in [4.78, 5) is 17.5. The van der Waals surface area contributed by atoms with E-state index in [1.807, 2.05) is 17.9 Å². The predicted molar refractivity (Wildman–Crippen MR) is 96.9 cm³/mol. The summed E-state index contributed by atoms with van der Waals surface area (Å²) in [5.74, 6) is -0.0974. The molecule has 6 heteroatoms. The summed E-state index contributed by atoms with van der Waals surface area (Å²) in [5.41, 5.74) is 0.904. The molecule has 2 unspecified atom stereocenters. The van der Waals surface area contributed by atoms with Gasteiger partial charge in [0, 0.05) is 13.1 Å². The molecule has 4 nitrogen and oxygen atoms in total. The number of rotatable bonds is 4. The highest BCUT2D eigenvalue weighted by Gasteiger charge is 2.32. The van der Waals surface area contributed by atoms with Gasteiger partial charge in [0.25, 0.3) is 0 Å². The molecule has 0 radical (unpaired) electrons. The normalized spacial score (nSPS) is 23.5. The van der Waals surface area contributed by atoms with Gasteiger partial charge in [0.05, 0.1) is 35.2 Å². The first-order valence-corrected chi connectivity index (χ1v) is 9.37. The van der Waals surface area contributed by atoms with Crippen LogP contribution >= 0.6 is 23.2 Å². The van der Waals surface area contributed by atoms with Crippen LogP contribution in [0.25, 0.3) is 0 Å². The molecule has 1 aromatic rings. The highest BCUT2D eigenvalue weighted by Crippen LogP contribution is 2.28. The third-order valence-electron chi connectivity index (χ3n) is 4.99. The summed E-state index contributed by atoms with van der Waals surface area (Å²) in [7, 11) is 0. The molecule has 0 aliphatic carbocycles. The van der Waals surface area contributed by atoms with Crippen molar-refractivity contribution in [3.05, 3.63) is 33.8 Å². The van der Waals surface area contributed by atoms with Crippen molar-refractivity contribution in [3.63, 3.8) is 0 Å². The number of amides is 1. The lowest BCUT2D eigenvalue weighted by atomic mass is 9.98. The highest BCUT2D eigenvalue weighted by molar-refractivity contribution is 6.42. The van der Waals surface area contributed by atoms with Gasteiger partial charge in [0.1, 0.15) is 0 Å². The smallest absolute Gasteiger partial charge is 0.230 e. The van der Waals surface area contributed by atoms with E-state index in [-0.39, 0.29) is 17.9 Å². The average Bonchev–Trinajstić information content (AvgIpc) is 3.09. The van der Waals surface area contributed by atoms with Crippen molar-refractivity contribution >= 4 is 29.1 Å². The maximum Gasteiger partial charge on any atom is 0.230 e.